The van der Waals surface area contributed by atoms with Crippen molar-refractivity contribution in [3.63, 3.8) is 0 Å². The molecule has 0 aromatic rings. The highest BCUT2D eigenvalue weighted by Crippen LogP contribution is 2.67. The van der Waals surface area contributed by atoms with Crippen molar-refractivity contribution in [2.24, 2.45) is 46.3 Å². The van der Waals surface area contributed by atoms with Crippen molar-refractivity contribution in [3.05, 3.63) is 11.6 Å². The van der Waals surface area contributed by atoms with E-state index >= 15 is 0 Å². The molecule has 0 aromatic heterocycles. The fraction of sp³-hybridized carbons (Fsp3) is 0.912. The molecule has 4 aliphatic carbocycles. The molecule has 8 atom stereocenters. The van der Waals surface area contributed by atoms with E-state index in [0.29, 0.717) is 31.8 Å². The highest BCUT2D eigenvalue weighted by molar-refractivity contribution is 5.60. The Bertz CT molecular complexity index is 822. The molecule has 0 aromatic carbocycles. The summed E-state index contributed by atoms with van der Waals surface area (Å²) in [4.78, 5) is 12.3. The molecule has 0 radical (unpaired) electrons. The molecule has 4 rings (SSSR count). The molecule has 5 nitrogen and oxygen atoms in total. The summed E-state index contributed by atoms with van der Waals surface area (Å²) in [5, 5.41) is 0. The molecule has 0 bridgehead atoms. The average molecular weight is 547 g/mol. The Morgan fingerprint density at radius 1 is 0.949 bits per heavy atom. The van der Waals surface area contributed by atoms with E-state index in [4.69, 9.17) is 18.9 Å². The van der Waals surface area contributed by atoms with Gasteiger partial charge in [-0.2, -0.15) is 0 Å². The van der Waals surface area contributed by atoms with Crippen LogP contribution in [0.4, 0.5) is 4.79 Å². The number of fused-ring (bicyclic) bond motifs is 5. The maximum Gasteiger partial charge on any atom is 0.508 e. The van der Waals surface area contributed by atoms with E-state index < -0.39 is 6.16 Å². The van der Waals surface area contributed by atoms with Gasteiger partial charge in [0.1, 0.15) is 12.7 Å². The zero-order chi connectivity index (χ0) is 28.0. The number of ether oxygens (including phenoxy) is 4. The molecular weight excluding hydrogens is 488 g/mol. The first-order valence-corrected chi connectivity index (χ1v) is 16.4. The molecule has 0 saturated heterocycles. The number of rotatable bonds is 13. The summed E-state index contributed by atoms with van der Waals surface area (Å²) in [5.41, 5.74) is 2.34. The maximum atomic E-state index is 12.3. The van der Waals surface area contributed by atoms with Gasteiger partial charge in [-0.05, 0) is 98.2 Å². The van der Waals surface area contributed by atoms with Gasteiger partial charge in [-0.3, -0.25) is 0 Å². The third-order valence-corrected chi connectivity index (χ3v) is 11.5. The summed E-state index contributed by atoms with van der Waals surface area (Å²) in [6, 6.07) is 0. The number of carbonyl (C=O) groups excluding carboxylic acids is 1. The molecule has 5 heteroatoms. The van der Waals surface area contributed by atoms with Gasteiger partial charge in [0.05, 0.1) is 19.8 Å². The molecule has 0 aliphatic heterocycles. The van der Waals surface area contributed by atoms with Crippen LogP contribution in [-0.2, 0) is 18.9 Å². The average Bonchev–Trinajstić information content (AvgIpc) is 3.25. The molecule has 39 heavy (non-hydrogen) atoms. The lowest BCUT2D eigenvalue weighted by Crippen LogP contribution is -2.51. The number of hydrogen-bond donors (Lipinski definition) is 0. The first-order valence-electron chi connectivity index (χ1n) is 16.4. The quantitative estimate of drug-likeness (QED) is 0.131. The molecule has 3 saturated carbocycles. The van der Waals surface area contributed by atoms with Crippen LogP contribution in [-0.4, -0.2) is 45.3 Å². The lowest BCUT2D eigenvalue weighted by molar-refractivity contribution is -0.0627. The minimum absolute atomic E-state index is 0.0661. The van der Waals surface area contributed by atoms with E-state index in [1.807, 2.05) is 6.92 Å². The van der Waals surface area contributed by atoms with Crippen LogP contribution in [0.15, 0.2) is 11.6 Å². The largest absolute Gasteiger partial charge is 0.508 e. The minimum atomic E-state index is -0.556. The Kier molecular flexibility index (Phi) is 10.9. The predicted octanol–water partition coefficient (Wildman–Crippen LogP) is 8.60. The summed E-state index contributed by atoms with van der Waals surface area (Å²) in [6.07, 6.45) is 15.9. The SMILES string of the molecule is CCOCCOCCOC(=O)O[C@H]1CC[C@@]2(C)C(=CC[C@H]3[C@@H]4CC[C@H]([C@H](C)CCCC(C)C)[C@@]4(C)CC[C@@H]32)C1. The second-order valence-electron chi connectivity index (χ2n) is 14.2. The molecule has 224 valence electrons. The fourth-order valence-corrected chi connectivity index (χ4v) is 9.47. The molecule has 4 aliphatic rings. The van der Waals surface area contributed by atoms with Crippen LogP contribution in [0.1, 0.15) is 112 Å². The van der Waals surface area contributed by atoms with Crippen molar-refractivity contribution < 1.29 is 23.7 Å². The molecule has 0 N–H and O–H groups in total. The third kappa shape index (κ3) is 7.05. The van der Waals surface area contributed by atoms with Crippen molar-refractivity contribution in [2.45, 2.75) is 118 Å². The Morgan fingerprint density at radius 3 is 2.49 bits per heavy atom. The first-order chi connectivity index (χ1) is 18.7. The zero-order valence-corrected chi connectivity index (χ0v) is 26.0. The van der Waals surface area contributed by atoms with Gasteiger partial charge in [-0.15, -0.1) is 0 Å². The highest BCUT2D eigenvalue weighted by atomic mass is 16.7. The normalized spacial score (nSPS) is 36.5. The molecule has 0 heterocycles. The van der Waals surface area contributed by atoms with Gasteiger partial charge >= 0.3 is 6.16 Å². The standard InChI is InChI=1S/C34H58O5/c1-7-36-19-20-37-21-22-38-32(35)39-27-15-17-33(5)26(23-27)11-12-28-30-14-13-29(25(4)10-8-9-24(2)3)34(30,6)18-16-31(28)33/h11,24-25,27-31H,7-10,12-23H2,1-6H3/t25-,27+,28+,29-,30+,31+,33+,34-/m1/s1. The fourth-order valence-electron chi connectivity index (χ4n) is 9.47. The minimum Gasteiger partial charge on any atom is -0.432 e. The van der Waals surface area contributed by atoms with Crippen molar-refractivity contribution in [3.8, 4) is 0 Å². The van der Waals surface area contributed by atoms with Crippen molar-refractivity contribution in [1.29, 1.82) is 0 Å². The monoisotopic (exact) mass is 546 g/mol. The van der Waals surface area contributed by atoms with Crippen LogP contribution in [0.2, 0.25) is 0 Å². The summed E-state index contributed by atoms with van der Waals surface area (Å²) in [7, 11) is 0. The van der Waals surface area contributed by atoms with Crippen LogP contribution < -0.4 is 0 Å². The predicted molar refractivity (Wildman–Crippen MR) is 157 cm³/mol. The summed E-state index contributed by atoms with van der Waals surface area (Å²) < 4.78 is 21.7. The Hall–Kier alpha value is -1.07. The van der Waals surface area contributed by atoms with E-state index in [1.165, 1.54) is 51.4 Å². The smallest absolute Gasteiger partial charge is 0.432 e. The van der Waals surface area contributed by atoms with Gasteiger partial charge in [-0.1, -0.05) is 65.5 Å². The van der Waals surface area contributed by atoms with Gasteiger partial charge < -0.3 is 18.9 Å². The first kappa shape index (κ1) is 30.9. The van der Waals surface area contributed by atoms with Crippen molar-refractivity contribution >= 4 is 6.16 Å². The Balaban J connectivity index is 1.29. The lowest BCUT2D eigenvalue weighted by atomic mass is 9.47. The zero-order valence-electron chi connectivity index (χ0n) is 26.0. The summed E-state index contributed by atoms with van der Waals surface area (Å²) in [6.45, 7) is 16.8. The van der Waals surface area contributed by atoms with Crippen molar-refractivity contribution in [2.75, 3.05) is 33.0 Å². The summed E-state index contributed by atoms with van der Waals surface area (Å²) >= 11 is 0. The van der Waals surface area contributed by atoms with Crippen LogP contribution in [0, 0.1) is 46.3 Å². The van der Waals surface area contributed by atoms with E-state index in [1.54, 1.807) is 5.57 Å². The highest BCUT2D eigenvalue weighted by Gasteiger charge is 2.59. The molecule has 0 spiro atoms. The van der Waals surface area contributed by atoms with Gasteiger partial charge in [0.2, 0.25) is 0 Å². The van der Waals surface area contributed by atoms with Gasteiger partial charge in [-0.25, -0.2) is 4.79 Å². The van der Waals surface area contributed by atoms with E-state index in [2.05, 4.69) is 40.7 Å². The van der Waals surface area contributed by atoms with Gasteiger partial charge in [0.25, 0.3) is 0 Å². The van der Waals surface area contributed by atoms with Crippen LogP contribution in [0.3, 0.4) is 0 Å². The van der Waals surface area contributed by atoms with Crippen LogP contribution >= 0.6 is 0 Å². The van der Waals surface area contributed by atoms with Gasteiger partial charge in [0.15, 0.2) is 0 Å². The van der Waals surface area contributed by atoms with E-state index in [9.17, 15) is 4.79 Å². The van der Waals surface area contributed by atoms with Crippen LogP contribution in [0.5, 0.6) is 0 Å². The van der Waals surface area contributed by atoms with E-state index in [-0.39, 0.29) is 18.1 Å². The molecule has 0 unspecified atom stereocenters. The van der Waals surface area contributed by atoms with E-state index in [0.717, 1.165) is 54.8 Å². The lowest BCUT2D eigenvalue weighted by Gasteiger charge is -2.58. The molecule has 0 amide bonds. The molecule has 3 fully saturated rings. The third-order valence-electron chi connectivity index (χ3n) is 11.5. The topological polar surface area (TPSA) is 54.0 Å². The Labute approximate surface area is 239 Å². The number of carbonyl (C=O) groups is 1. The second kappa shape index (κ2) is 13.7. The van der Waals surface area contributed by atoms with Crippen molar-refractivity contribution in [1.82, 2.24) is 0 Å². The van der Waals surface area contributed by atoms with Gasteiger partial charge in [0, 0.05) is 13.0 Å². The number of allylic oxidation sites excluding steroid dienone is 1. The van der Waals surface area contributed by atoms with Crippen LogP contribution in [0.25, 0.3) is 0 Å². The summed E-state index contributed by atoms with van der Waals surface area (Å²) in [5.74, 6) is 5.07. The maximum absolute atomic E-state index is 12.3. The molecular formula is C34H58O5. The second-order valence-corrected chi connectivity index (χ2v) is 14.2. The Morgan fingerprint density at radius 2 is 1.72 bits per heavy atom. The number of hydrogen-bond acceptors (Lipinski definition) is 5.